The number of carbonyl (C=O) groups is 1. The highest BCUT2D eigenvalue weighted by atomic mass is 32.2. The van der Waals surface area contributed by atoms with Crippen LogP contribution in [0.25, 0.3) is 0 Å². The molecule has 1 amide bonds. The minimum absolute atomic E-state index is 0.0937. The van der Waals surface area contributed by atoms with E-state index >= 15 is 0 Å². The zero-order valence-corrected chi connectivity index (χ0v) is 25.7. The summed E-state index contributed by atoms with van der Waals surface area (Å²) >= 11 is 0. The summed E-state index contributed by atoms with van der Waals surface area (Å²) < 4.78 is 53.6. The van der Waals surface area contributed by atoms with Crippen molar-refractivity contribution in [3.63, 3.8) is 0 Å². The van der Waals surface area contributed by atoms with Crippen LogP contribution in [0.15, 0.2) is 76.5 Å². The average molecular weight is 639 g/mol. The Morgan fingerprint density at radius 2 is 1.27 bits per heavy atom. The molecule has 0 saturated heterocycles. The maximum atomic E-state index is 12.8. The van der Waals surface area contributed by atoms with E-state index in [0.717, 1.165) is 0 Å². The Morgan fingerprint density at radius 1 is 0.773 bits per heavy atom. The first-order valence-electron chi connectivity index (χ1n) is 13.1. The van der Waals surface area contributed by atoms with Crippen molar-refractivity contribution in [3.8, 4) is 5.75 Å². The first-order valence-corrected chi connectivity index (χ1v) is 16.2. The molecule has 230 valence electrons. The molecule has 16 heteroatoms. The molecule has 0 saturated carbocycles. The minimum atomic E-state index is -3.96. The Bertz CT molecular complexity index is 1920. The summed E-state index contributed by atoms with van der Waals surface area (Å²) in [5.41, 5.74) is 1.37. The largest absolute Gasteiger partial charge is 0.476 e. The van der Waals surface area contributed by atoms with Gasteiger partial charge in [0.25, 0.3) is 5.91 Å². The van der Waals surface area contributed by atoms with Gasteiger partial charge in [0.05, 0.1) is 15.5 Å². The molecule has 0 fully saturated rings. The number of aromatic nitrogens is 2. The van der Waals surface area contributed by atoms with Crippen LogP contribution in [0.4, 0.5) is 40.3 Å². The molecule has 0 radical (unpaired) electrons. The molecule has 0 bridgehead atoms. The summed E-state index contributed by atoms with van der Waals surface area (Å²) in [6.07, 6.45) is 0. The summed E-state index contributed by atoms with van der Waals surface area (Å²) in [4.78, 5) is 23.3. The van der Waals surface area contributed by atoms with Crippen molar-refractivity contribution < 1.29 is 26.4 Å². The van der Waals surface area contributed by atoms with Crippen LogP contribution in [0.2, 0.25) is 0 Å². The van der Waals surface area contributed by atoms with Crippen molar-refractivity contribution in [3.05, 3.63) is 72.3 Å². The first kappa shape index (κ1) is 30.7. The molecule has 44 heavy (non-hydrogen) atoms. The van der Waals surface area contributed by atoms with E-state index in [-0.39, 0.29) is 21.6 Å². The number of nitrogens with zero attached hydrogens (tertiary/aromatic N) is 3. The third-order valence-electron chi connectivity index (χ3n) is 6.76. The predicted molar refractivity (Wildman–Crippen MR) is 167 cm³/mol. The van der Waals surface area contributed by atoms with Crippen LogP contribution >= 0.6 is 0 Å². The van der Waals surface area contributed by atoms with Gasteiger partial charge in [0.1, 0.15) is 17.4 Å². The molecule has 0 aliphatic carbocycles. The number of carbonyl (C=O) groups excluding carboxylic acids is 1. The second-order valence-corrected chi connectivity index (χ2v) is 13.7. The van der Waals surface area contributed by atoms with E-state index in [2.05, 4.69) is 25.9 Å². The van der Waals surface area contributed by atoms with Crippen molar-refractivity contribution in [2.75, 3.05) is 27.9 Å². The Balaban J connectivity index is 1.55. The van der Waals surface area contributed by atoms with Gasteiger partial charge in [-0.1, -0.05) is 12.1 Å². The molecular formula is C28H30N8O6S2. The molecule has 0 atom stereocenters. The lowest BCUT2D eigenvalue weighted by Crippen LogP contribution is -2.50. The lowest BCUT2D eigenvalue weighted by atomic mass is 10.0. The van der Waals surface area contributed by atoms with E-state index in [1.807, 2.05) is 0 Å². The summed E-state index contributed by atoms with van der Waals surface area (Å²) in [5.74, 6) is 1.04. The van der Waals surface area contributed by atoms with Gasteiger partial charge >= 0.3 is 0 Å². The maximum Gasteiger partial charge on any atom is 0.270 e. The zero-order valence-electron chi connectivity index (χ0n) is 24.1. The second kappa shape index (κ2) is 11.1. The molecule has 1 aromatic heterocycles. The van der Waals surface area contributed by atoms with Crippen LogP contribution in [-0.2, 0) is 24.8 Å². The fraction of sp³-hybridized carbons (Fsp3) is 0.179. The molecule has 0 spiro atoms. The van der Waals surface area contributed by atoms with Crippen molar-refractivity contribution >= 4 is 66.3 Å². The van der Waals surface area contributed by atoms with Gasteiger partial charge in [-0.25, -0.2) is 27.1 Å². The number of nitrogens with one attached hydrogen (secondary N) is 3. The topological polar surface area (TPSA) is 212 Å². The summed E-state index contributed by atoms with van der Waals surface area (Å²) in [5, 5.41) is 20.0. The highest BCUT2D eigenvalue weighted by Crippen LogP contribution is 2.39. The number of likely N-dealkylation sites (N-methyl/N-ethyl adjacent to an activating group) is 1. The number of hydrogen-bond donors (Lipinski definition) is 5. The van der Waals surface area contributed by atoms with Gasteiger partial charge in [0.15, 0.2) is 5.60 Å². The van der Waals surface area contributed by atoms with E-state index in [1.54, 1.807) is 58.2 Å². The van der Waals surface area contributed by atoms with Crippen LogP contribution < -0.4 is 35.9 Å². The number of primary sulfonamides is 2. The number of ether oxygens (including phenoxy) is 1. The van der Waals surface area contributed by atoms with Crippen LogP contribution in [0.1, 0.15) is 19.4 Å². The third-order valence-corrected chi connectivity index (χ3v) is 8.58. The third kappa shape index (κ3) is 6.42. The smallest absolute Gasteiger partial charge is 0.270 e. The van der Waals surface area contributed by atoms with Gasteiger partial charge in [-0.3, -0.25) is 4.79 Å². The molecule has 5 rings (SSSR count). The molecule has 3 aromatic carbocycles. The van der Waals surface area contributed by atoms with Gasteiger partial charge in [-0.05, 0) is 75.4 Å². The van der Waals surface area contributed by atoms with E-state index in [0.29, 0.717) is 45.7 Å². The highest BCUT2D eigenvalue weighted by molar-refractivity contribution is 7.89. The second-order valence-electron chi connectivity index (χ2n) is 10.5. The van der Waals surface area contributed by atoms with E-state index in [1.165, 1.54) is 41.3 Å². The molecule has 2 heterocycles. The summed E-state index contributed by atoms with van der Waals surface area (Å²) in [7, 11) is -6.26. The lowest BCUT2D eigenvalue weighted by molar-refractivity contribution is -0.132. The highest BCUT2D eigenvalue weighted by Gasteiger charge is 2.39. The SMILES string of the molecule is Cc1c(Nc2cccc(S(N)(=O)=O)c2)nc(Nc2ccc3c(c2)N(C)C(=O)C(C)(C)O3)nc1Nc1cccc(S(N)(=O)=O)c1. The van der Waals surface area contributed by atoms with Crippen molar-refractivity contribution in [1.29, 1.82) is 0 Å². The molecule has 14 nitrogen and oxygen atoms in total. The number of nitrogens with two attached hydrogens (primary N) is 2. The summed E-state index contributed by atoms with van der Waals surface area (Å²) in [6, 6.07) is 17.0. The predicted octanol–water partition coefficient (Wildman–Crippen LogP) is 3.44. The Hall–Kier alpha value is -4.77. The van der Waals surface area contributed by atoms with Gasteiger partial charge in [0.2, 0.25) is 26.0 Å². The fourth-order valence-corrected chi connectivity index (χ4v) is 5.61. The molecule has 1 aliphatic rings. The first-order chi connectivity index (χ1) is 20.5. The van der Waals surface area contributed by atoms with Gasteiger partial charge < -0.3 is 25.6 Å². The quantitative estimate of drug-likeness (QED) is 0.189. The van der Waals surface area contributed by atoms with E-state index in [9.17, 15) is 21.6 Å². The minimum Gasteiger partial charge on any atom is -0.476 e. The van der Waals surface area contributed by atoms with Gasteiger partial charge in [-0.2, -0.15) is 9.97 Å². The number of amides is 1. The van der Waals surface area contributed by atoms with E-state index in [4.69, 9.17) is 15.0 Å². The van der Waals surface area contributed by atoms with Crippen LogP contribution in [0.5, 0.6) is 5.75 Å². The standard InChI is InChI=1S/C28H30N8O6S2/c1-16-24(31-17-7-5-9-20(13-17)43(29,38)39)34-27(35-25(16)32-18-8-6-10-21(14-18)44(30,40)41)33-19-11-12-23-22(15-19)36(4)26(37)28(2,3)42-23/h5-15H,1-4H3,(H2,29,38,39)(H2,30,40,41)(H3,31,32,33,34,35). The normalized spacial score (nSPS) is 14.4. The van der Waals surface area contributed by atoms with Crippen molar-refractivity contribution in [2.45, 2.75) is 36.2 Å². The number of sulfonamides is 2. The zero-order chi connectivity index (χ0) is 32.0. The lowest BCUT2D eigenvalue weighted by Gasteiger charge is -2.37. The van der Waals surface area contributed by atoms with Crippen LogP contribution in [0, 0.1) is 6.92 Å². The van der Waals surface area contributed by atoms with Gasteiger partial charge in [-0.15, -0.1) is 0 Å². The Labute approximate surface area is 254 Å². The molecule has 1 aliphatic heterocycles. The van der Waals surface area contributed by atoms with E-state index < -0.39 is 25.6 Å². The molecule has 0 unspecified atom stereocenters. The number of rotatable bonds is 8. The molecular weight excluding hydrogens is 608 g/mol. The van der Waals surface area contributed by atoms with Crippen LogP contribution in [0.3, 0.4) is 0 Å². The fourth-order valence-electron chi connectivity index (χ4n) is 4.50. The average Bonchev–Trinajstić information content (AvgIpc) is 2.94. The maximum absolute atomic E-state index is 12.8. The Morgan fingerprint density at radius 3 is 1.77 bits per heavy atom. The molecule has 4 aromatic rings. The van der Waals surface area contributed by atoms with Crippen molar-refractivity contribution in [1.82, 2.24) is 9.97 Å². The van der Waals surface area contributed by atoms with Crippen LogP contribution in [-0.4, -0.2) is 45.4 Å². The number of fused-ring (bicyclic) bond motifs is 1. The Kier molecular flexibility index (Phi) is 7.71. The number of anilines is 7. The number of benzene rings is 3. The van der Waals surface area contributed by atoms with Crippen molar-refractivity contribution in [2.24, 2.45) is 10.3 Å². The molecule has 7 N–H and O–H groups in total. The summed E-state index contributed by atoms with van der Waals surface area (Å²) in [6.45, 7) is 5.11. The van der Waals surface area contributed by atoms with Gasteiger partial charge in [0, 0.05) is 29.7 Å². The monoisotopic (exact) mass is 638 g/mol. The number of hydrogen-bond acceptors (Lipinski definition) is 11.